The van der Waals surface area contributed by atoms with E-state index in [4.69, 9.17) is 0 Å². The number of aryl methyl sites for hydroxylation is 3. The topological polar surface area (TPSA) is 64.7 Å². The molecule has 0 spiro atoms. The highest BCUT2D eigenvalue weighted by atomic mass is 32.2. The fourth-order valence-corrected chi connectivity index (χ4v) is 2.97. The minimum Gasteiger partial charge on any atom is -0.326 e. The molecule has 114 valence electrons. The van der Waals surface area contributed by atoms with E-state index in [1.54, 1.807) is 10.9 Å². The van der Waals surface area contributed by atoms with Gasteiger partial charge in [-0.15, -0.1) is 0 Å². The van der Waals surface area contributed by atoms with Crippen LogP contribution in [0.15, 0.2) is 17.6 Å². The van der Waals surface area contributed by atoms with Crippen LogP contribution in [0, 0.1) is 13.8 Å². The zero-order chi connectivity index (χ0) is 15.6. The largest absolute Gasteiger partial charge is 0.326 e. The molecular weight excluding hydrogens is 286 g/mol. The molecule has 0 aliphatic carbocycles. The third-order valence-corrected chi connectivity index (χ3v) is 4.54. The van der Waals surface area contributed by atoms with Gasteiger partial charge in [-0.3, -0.25) is 9.48 Å². The van der Waals surface area contributed by atoms with Crippen LogP contribution in [0.5, 0.6) is 0 Å². The van der Waals surface area contributed by atoms with E-state index in [-0.39, 0.29) is 11.2 Å². The molecular formula is C14H21N5OS. The van der Waals surface area contributed by atoms with Crippen LogP contribution in [0.3, 0.4) is 0 Å². The second-order valence-corrected chi connectivity index (χ2v) is 6.22. The van der Waals surface area contributed by atoms with Crippen molar-refractivity contribution in [1.82, 2.24) is 19.3 Å². The van der Waals surface area contributed by atoms with Gasteiger partial charge in [0.05, 0.1) is 22.3 Å². The number of hydrogen-bond acceptors (Lipinski definition) is 4. The molecule has 1 amide bonds. The van der Waals surface area contributed by atoms with E-state index in [0.717, 1.165) is 28.8 Å². The normalized spacial score (nSPS) is 12.4. The van der Waals surface area contributed by atoms with Crippen LogP contribution in [0.1, 0.15) is 25.2 Å². The van der Waals surface area contributed by atoms with Gasteiger partial charge in [0, 0.05) is 26.0 Å². The highest BCUT2D eigenvalue weighted by Gasteiger charge is 2.20. The lowest BCUT2D eigenvalue weighted by Gasteiger charge is -2.12. The first-order chi connectivity index (χ1) is 9.93. The van der Waals surface area contributed by atoms with E-state index in [2.05, 4.69) is 22.3 Å². The van der Waals surface area contributed by atoms with Gasteiger partial charge in [0.2, 0.25) is 5.91 Å². The molecule has 7 heteroatoms. The number of aromatic nitrogens is 4. The van der Waals surface area contributed by atoms with Gasteiger partial charge in [0.25, 0.3) is 0 Å². The minimum absolute atomic E-state index is 0.0372. The van der Waals surface area contributed by atoms with Gasteiger partial charge in [-0.1, -0.05) is 11.8 Å². The van der Waals surface area contributed by atoms with Crippen molar-refractivity contribution in [1.29, 1.82) is 0 Å². The Balaban J connectivity index is 2.06. The molecule has 0 bridgehead atoms. The summed E-state index contributed by atoms with van der Waals surface area (Å²) in [5.41, 5.74) is 2.58. The summed E-state index contributed by atoms with van der Waals surface area (Å²) >= 11 is 1.46. The molecule has 2 heterocycles. The lowest BCUT2D eigenvalue weighted by atomic mass is 10.3. The lowest BCUT2D eigenvalue weighted by molar-refractivity contribution is -0.115. The zero-order valence-electron chi connectivity index (χ0n) is 13.0. The molecule has 1 unspecified atom stereocenters. The van der Waals surface area contributed by atoms with Crippen LogP contribution in [-0.4, -0.2) is 30.5 Å². The number of rotatable bonds is 5. The van der Waals surface area contributed by atoms with E-state index in [1.165, 1.54) is 11.8 Å². The Morgan fingerprint density at radius 2 is 2.19 bits per heavy atom. The van der Waals surface area contributed by atoms with Crippen LogP contribution >= 0.6 is 11.8 Å². The Labute approximate surface area is 128 Å². The molecule has 2 aromatic rings. The quantitative estimate of drug-likeness (QED) is 0.861. The van der Waals surface area contributed by atoms with Crippen molar-refractivity contribution in [3.05, 3.63) is 23.8 Å². The predicted octanol–water partition coefficient (Wildman–Crippen LogP) is 2.37. The number of nitrogens with zero attached hydrogens (tertiary/aromatic N) is 4. The first-order valence-electron chi connectivity index (χ1n) is 6.92. The average Bonchev–Trinajstić information content (AvgIpc) is 2.98. The highest BCUT2D eigenvalue weighted by Crippen LogP contribution is 2.24. The molecule has 6 nitrogen and oxygen atoms in total. The van der Waals surface area contributed by atoms with E-state index in [0.29, 0.717) is 0 Å². The molecule has 21 heavy (non-hydrogen) atoms. The van der Waals surface area contributed by atoms with Crippen LogP contribution in [0.2, 0.25) is 0 Å². The number of carbonyl (C=O) groups is 1. The zero-order valence-corrected chi connectivity index (χ0v) is 13.9. The number of thioether (sulfide) groups is 1. The van der Waals surface area contributed by atoms with Crippen LogP contribution < -0.4 is 5.32 Å². The van der Waals surface area contributed by atoms with Gasteiger partial charge in [-0.2, -0.15) is 5.10 Å². The summed E-state index contributed by atoms with van der Waals surface area (Å²) in [7, 11) is 1.87. The van der Waals surface area contributed by atoms with Crippen molar-refractivity contribution in [3.8, 4) is 0 Å². The third-order valence-electron chi connectivity index (χ3n) is 3.43. The van der Waals surface area contributed by atoms with Gasteiger partial charge in [0.15, 0.2) is 5.16 Å². The van der Waals surface area contributed by atoms with Crippen molar-refractivity contribution in [2.75, 3.05) is 5.32 Å². The van der Waals surface area contributed by atoms with Crippen molar-refractivity contribution in [2.45, 2.75) is 44.6 Å². The van der Waals surface area contributed by atoms with Gasteiger partial charge >= 0.3 is 0 Å². The highest BCUT2D eigenvalue weighted by molar-refractivity contribution is 8.00. The number of amides is 1. The maximum absolute atomic E-state index is 12.3. The summed E-state index contributed by atoms with van der Waals surface area (Å²) in [6, 6.07) is 0. The fraction of sp³-hybridized carbons (Fsp3) is 0.500. The van der Waals surface area contributed by atoms with Gasteiger partial charge in [-0.05, 0) is 27.7 Å². The monoisotopic (exact) mass is 307 g/mol. The molecule has 2 rings (SSSR count). The molecule has 0 aromatic carbocycles. The summed E-state index contributed by atoms with van der Waals surface area (Å²) in [6.45, 7) is 8.62. The fourth-order valence-electron chi connectivity index (χ4n) is 2.05. The van der Waals surface area contributed by atoms with Gasteiger partial charge in [-0.25, -0.2) is 4.98 Å². The van der Waals surface area contributed by atoms with Crippen LogP contribution in [0.25, 0.3) is 0 Å². The Morgan fingerprint density at radius 1 is 1.48 bits per heavy atom. The molecule has 0 aliphatic rings. The number of imidazole rings is 1. The molecule has 0 saturated carbocycles. The summed E-state index contributed by atoms with van der Waals surface area (Å²) < 4.78 is 3.79. The average molecular weight is 307 g/mol. The summed E-state index contributed by atoms with van der Waals surface area (Å²) in [5, 5.41) is 7.91. The molecule has 0 aliphatic heterocycles. The van der Waals surface area contributed by atoms with Crippen LogP contribution in [0.4, 0.5) is 5.69 Å². The number of nitrogens with one attached hydrogen (secondary N) is 1. The summed E-state index contributed by atoms with van der Waals surface area (Å²) in [6.07, 6.45) is 3.67. The maximum atomic E-state index is 12.3. The number of hydrogen-bond donors (Lipinski definition) is 1. The first-order valence-corrected chi connectivity index (χ1v) is 7.80. The van der Waals surface area contributed by atoms with E-state index >= 15 is 0 Å². The number of anilines is 1. The maximum Gasteiger partial charge on any atom is 0.237 e. The van der Waals surface area contributed by atoms with E-state index in [1.807, 2.05) is 38.6 Å². The molecule has 2 aromatic heterocycles. The van der Waals surface area contributed by atoms with Gasteiger partial charge in [0.1, 0.15) is 0 Å². The Bertz CT molecular complexity index is 646. The third kappa shape index (κ3) is 3.29. The molecule has 1 atom stereocenters. The summed E-state index contributed by atoms with van der Waals surface area (Å²) in [4.78, 5) is 16.6. The standard InChI is InChI=1S/C14H21N5OS/c1-6-19-8-7-15-14(19)21-11(4)13(20)16-12-9(2)17-18(5)10(12)3/h7-8,11H,6H2,1-5H3,(H,16,20). The molecule has 1 N–H and O–H groups in total. The van der Waals surface area contributed by atoms with Gasteiger partial charge < -0.3 is 9.88 Å². The Kier molecular flexibility index (Phi) is 4.72. The smallest absolute Gasteiger partial charge is 0.237 e. The minimum atomic E-state index is -0.225. The number of carbonyl (C=O) groups excluding carboxylic acids is 1. The van der Waals surface area contributed by atoms with Crippen molar-refractivity contribution >= 4 is 23.4 Å². The van der Waals surface area contributed by atoms with Crippen molar-refractivity contribution in [2.24, 2.45) is 7.05 Å². The van der Waals surface area contributed by atoms with Crippen molar-refractivity contribution < 1.29 is 4.79 Å². The first kappa shape index (κ1) is 15.6. The Morgan fingerprint density at radius 3 is 2.76 bits per heavy atom. The summed E-state index contributed by atoms with van der Waals surface area (Å²) in [5.74, 6) is -0.0372. The lowest BCUT2D eigenvalue weighted by Crippen LogP contribution is -2.23. The molecule has 0 radical (unpaired) electrons. The second kappa shape index (κ2) is 6.34. The van der Waals surface area contributed by atoms with Crippen LogP contribution in [-0.2, 0) is 18.4 Å². The van der Waals surface area contributed by atoms with Crippen molar-refractivity contribution in [3.63, 3.8) is 0 Å². The predicted molar refractivity (Wildman–Crippen MR) is 84.5 cm³/mol. The Hall–Kier alpha value is -1.76. The molecule has 0 saturated heterocycles. The molecule has 0 fully saturated rings. The second-order valence-electron chi connectivity index (χ2n) is 4.91. The SMILES string of the molecule is CCn1ccnc1SC(C)C(=O)Nc1c(C)nn(C)c1C. The van der Waals surface area contributed by atoms with E-state index in [9.17, 15) is 4.79 Å². The van der Waals surface area contributed by atoms with E-state index < -0.39 is 0 Å².